The summed E-state index contributed by atoms with van der Waals surface area (Å²) >= 11 is 1.17. The molecule has 6 heteroatoms. The van der Waals surface area contributed by atoms with Crippen LogP contribution >= 0.6 is 11.8 Å². The summed E-state index contributed by atoms with van der Waals surface area (Å²) in [5.74, 6) is -1.82. The molecular weight excluding hydrogens is 227 g/mol. The molecular formula is C9H10F3NOS. The molecule has 15 heavy (non-hydrogen) atoms. The molecule has 0 saturated heterocycles. The van der Waals surface area contributed by atoms with Gasteiger partial charge in [-0.3, -0.25) is 4.79 Å². The first-order valence-electron chi connectivity index (χ1n) is 4.15. The number of thioether (sulfide) groups is 1. The van der Waals surface area contributed by atoms with E-state index < -0.39 is 12.0 Å². The Labute approximate surface area is 89.8 Å². The van der Waals surface area contributed by atoms with Crippen LogP contribution < -0.4 is 0 Å². The second-order valence-electron chi connectivity index (χ2n) is 3.15. The first-order chi connectivity index (χ1) is 6.73. The first-order valence-corrected chi connectivity index (χ1v) is 4.97. The summed E-state index contributed by atoms with van der Waals surface area (Å²) in [7, 11) is 1.63. The SMILES string of the molecule is CC1=C(C)N(C)/C(=C\C(=O)C(F)(F)F)S1. The number of hydrogen-bond acceptors (Lipinski definition) is 3. The van der Waals surface area contributed by atoms with Gasteiger partial charge in [0.15, 0.2) is 0 Å². The van der Waals surface area contributed by atoms with Gasteiger partial charge in [-0.05, 0) is 13.8 Å². The summed E-state index contributed by atoms with van der Waals surface area (Å²) in [6.07, 6.45) is -4.16. The molecule has 0 aromatic rings. The molecule has 0 saturated carbocycles. The highest BCUT2D eigenvalue weighted by molar-refractivity contribution is 8.06. The van der Waals surface area contributed by atoms with E-state index >= 15 is 0 Å². The fraction of sp³-hybridized carbons (Fsp3) is 0.444. The zero-order valence-electron chi connectivity index (χ0n) is 8.47. The van der Waals surface area contributed by atoms with E-state index in [2.05, 4.69) is 0 Å². The molecule has 1 heterocycles. The predicted molar refractivity (Wildman–Crippen MR) is 52.9 cm³/mol. The summed E-state index contributed by atoms with van der Waals surface area (Å²) in [5.41, 5.74) is 0.862. The Morgan fingerprint density at radius 1 is 1.40 bits per heavy atom. The Hall–Kier alpha value is -0.910. The van der Waals surface area contributed by atoms with Crippen LogP contribution in [0.5, 0.6) is 0 Å². The lowest BCUT2D eigenvalue weighted by Gasteiger charge is -2.14. The summed E-state index contributed by atoms with van der Waals surface area (Å²) in [5, 5.41) is 0.312. The van der Waals surface area contributed by atoms with Crippen LogP contribution in [0.4, 0.5) is 13.2 Å². The van der Waals surface area contributed by atoms with E-state index in [1.165, 1.54) is 11.8 Å². The van der Waals surface area contributed by atoms with Crippen molar-refractivity contribution in [1.82, 2.24) is 4.90 Å². The van der Waals surface area contributed by atoms with Gasteiger partial charge in [-0.1, -0.05) is 11.8 Å². The van der Waals surface area contributed by atoms with Crippen LogP contribution in [0.2, 0.25) is 0 Å². The molecule has 0 N–H and O–H groups in total. The van der Waals surface area contributed by atoms with Crippen LogP contribution in [-0.4, -0.2) is 23.9 Å². The highest BCUT2D eigenvalue weighted by Crippen LogP contribution is 2.39. The van der Waals surface area contributed by atoms with Crippen molar-refractivity contribution in [2.45, 2.75) is 20.0 Å². The smallest absolute Gasteiger partial charge is 0.342 e. The number of ketones is 1. The lowest BCUT2D eigenvalue weighted by molar-refractivity contribution is -0.165. The highest BCUT2D eigenvalue weighted by Gasteiger charge is 2.37. The number of rotatable bonds is 1. The van der Waals surface area contributed by atoms with Crippen molar-refractivity contribution in [2.75, 3.05) is 7.05 Å². The van der Waals surface area contributed by atoms with Crippen LogP contribution in [0, 0.1) is 0 Å². The Kier molecular flexibility index (Phi) is 3.18. The van der Waals surface area contributed by atoms with E-state index in [0.717, 1.165) is 10.6 Å². The Morgan fingerprint density at radius 3 is 2.27 bits per heavy atom. The molecule has 1 aliphatic heterocycles. The van der Waals surface area contributed by atoms with Gasteiger partial charge in [0.1, 0.15) is 0 Å². The summed E-state index contributed by atoms with van der Waals surface area (Å²) in [4.78, 5) is 13.2. The second kappa shape index (κ2) is 3.92. The Balaban J connectivity index is 2.87. The molecule has 0 amide bonds. The van der Waals surface area contributed by atoms with Gasteiger partial charge in [0.2, 0.25) is 0 Å². The van der Waals surface area contributed by atoms with E-state index in [1.807, 2.05) is 0 Å². The number of allylic oxidation sites excluding steroid dienone is 3. The van der Waals surface area contributed by atoms with Gasteiger partial charge < -0.3 is 4.90 Å². The molecule has 0 aromatic carbocycles. The standard InChI is InChI=1S/C9H10F3NOS/c1-5-6(2)15-8(13(5)3)4-7(14)9(10,11)12/h4H,1-3H3/b8-4+. The maximum atomic E-state index is 12.0. The minimum absolute atomic E-state index is 0.312. The Morgan fingerprint density at radius 2 is 1.93 bits per heavy atom. The van der Waals surface area contributed by atoms with Crippen molar-refractivity contribution >= 4 is 17.5 Å². The average Bonchev–Trinajstić information content (AvgIpc) is 2.32. The van der Waals surface area contributed by atoms with Crippen molar-refractivity contribution in [1.29, 1.82) is 0 Å². The molecule has 2 nitrogen and oxygen atoms in total. The van der Waals surface area contributed by atoms with E-state index in [4.69, 9.17) is 0 Å². The van der Waals surface area contributed by atoms with Gasteiger partial charge in [-0.25, -0.2) is 0 Å². The third kappa shape index (κ3) is 2.56. The van der Waals surface area contributed by atoms with Crippen molar-refractivity contribution in [3.05, 3.63) is 21.7 Å². The van der Waals surface area contributed by atoms with E-state index in [1.54, 1.807) is 25.8 Å². The third-order valence-electron chi connectivity index (χ3n) is 2.13. The molecule has 0 radical (unpaired) electrons. The number of carbonyl (C=O) groups is 1. The molecule has 0 unspecified atom stereocenters. The number of alkyl halides is 3. The van der Waals surface area contributed by atoms with Crippen LogP contribution in [0.25, 0.3) is 0 Å². The summed E-state index contributed by atoms with van der Waals surface area (Å²) < 4.78 is 36.0. The number of halogens is 3. The molecule has 1 aliphatic rings. The monoisotopic (exact) mass is 237 g/mol. The van der Waals surface area contributed by atoms with Gasteiger partial charge in [0, 0.05) is 23.7 Å². The molecule has 0 bridgehead atoms. The normalized spacial score (nSPS) is 20.4. The maximum absolute atomic E-state index is 12.0. The van der Waals surface area contributed by atoms with Crippen molar-refractivity contribution in [3.8, 4) is 0 Å². The molecule has 0 aliphatic carbocycles. The molecule has 0 atom stereocenters. The predicted octanol–water partition coefficient (Wildman–Crippen LogP) is 2.89. The van der Waals surface area contributed by atoms with Crippen LogP contribution in [0.3, 0.4) is 0 Å². The van der Waals surface area contributed by atoms with E-state index in [0.29, 0.717) is 11.1 Å². The summed E-state index contributed by atoms with van der Waals surface area (Å²) in [6.45, 7) is 3.59. The fourth-order valence-electron chi connectivity index (χ4n) is 1.02. The molecule has 0 aromatic heterocycles. The first kappa shape index (κ1) is 12.2. The Bertz CT molecular complexity index is 357. The minimum atomic E-state index is -4.79. The molecule has 84 valence electrons. The molecule has 0 fully saturated rings. The number of carbonyl (C=O) groups excluding carboxylic acids is 1. The van der Waals surface area contributed by atoms with E-state index in [-0.39, 0.29) is 0 Å². The largest absolute Gasteiger partial charge is 0.454 e. The quantitative estimate of drug-likeness (QED) is 0.654. The van der Waals surface area contributed by atoms with Crippen molar-refractivity contribution in [2.24, 2.45) is 0 Å². The number of hydrogen-bond donors (Lipinski definition) is 0. The van der Waals surface area contributed by atoms with Gasteiger partial charge in [0.25, 0.3) is 5.78 Å². The minimum Gasteiger partial charge on any atom is -0.342 e. The van der Waals surface area contributed by atoms with Gasteiger partial charge in [0.05, 0.1) is 5.03 Å². The summed E-state index contributed by atoms with van der Waals surface area (Å²) in [6, 6.07) is 0. The maximum Gasteiger partial charge on any atom is 0.454 e. The zero-order valence-corrected chi connectivity index (χ0v) is 9.29. The third-order valence-corrected chi connectivity index (χ3v) is 3.34. The van der Waals surface area contributed by atoms with E-state index in [9.17, 15) is 18.0 Å². The lowest BCUT2D eigenvalue weighted by Crippen LogP contribution is -2.22. The number of nitrogens with zero attached hydrogens (tertiary/aromatic N) is 1. The topological polar surface area (TPSA) is 20.3 Å². The fourth-order valence-corrected chi connectivity index (χ4v) is 2.06. The van der Waals surface area contributed by atoms with Gasteiger partial charge in [-0.2, -0.15) is 13.2 Å². The van der Waals surface area contributed by atoms with Crippen molar-refractivity contribution in [3.63, 3.8) is 0 Å². The van der Waals surface area contributed by atoms with Crippen LogP contribution in [-0.2, 0) is 4.79 Å². The lowest BCUT2D eigenvalue weighted by atomic mass is 10.3. The highest BCUT2D eigenvalue weighted by atomic mass is 32.2. The van der Waals surface area contributed by atoms with Crippen LogP contribution in [0.15, 0.2) is 21.7 Å². The van der Waals surface area contributed by atoms with Gasteiger partial charge in [-0.15, -0.1) is 0 Å². The van der Waals surface area contributed by atoms with Gasteiger partial charge >= 0.3 is 6.18 Å². The molecule has 0 spiro atoms. The second-order valence-corrected chi connectivity index (χ2v) is 4.38. The van der Waals surface area contributed by atoms with Crippen molar-refractivity contribution < 1.29 is 18.0 Å². The average molecular weight is 237 g/mol. The zero-order chi connectivity index (χ0) is 11.8. The molecule has 1 rings (SSSR count). The van der Waals surface area contributed by atoms with Crippen LogP contribution in [0.1, 0.15) is 13.8 Å².